The van der Waals surface area contributed by atoms with Gasteiger partial charge in [-0.2, -0.15) is 4.31 Å². The lowest BCUT2D eigenvalue weighted by molar-refractivity contribution is -0.159. The van der Waals surface area contributed by atoms with Gasteiger partial charge in [0, 0.05) is 30.6 Å². The number of Topliss-reactive ketones (excluding diaryl/α,β-unsaturated/α-hetero) is 1. The van der Waals surface area contributed by atoms with E-state index in [-0.39, 0.29) is 18.1 Å². The van der Waals surface area contributed by atoms with Gasteiger partial charge in [0.1, 0.15) is 11.6 Å². The number of halogens is 1. The Kier molecular flexibility index (Phi) is 8.18. The monoisotopic (exact) mass is 498 g/mol. The van der Waals surface area contributed by atoms with E-state index in [4.69, 9.17) is 16.3 Å². The van der Waals surface area contributed by atoms with E-state index in [2.05, 4.69) is 0 Å². The summed E-state index contributed by atoms with van der Waals surface area (Å²) in [6.07, 6.45) is 3.61. The van der Waals surface area contributed by atoms with Gasteiger partial charge in [-0.1, -0.05) is 36.7 Å². The molecule has 0 radical (unpaired) electrons. The fraction of sp³-hybridized carbons (Fsp3) is 0.609. The van der Waals surface area contributed by atoms with Crippen molar-refractivity contribution in [2.75, 3.05) is 26.0 Å². The molecular weight excluding hydrogens is 468 g/mol. The van der Waals surface area contributed by atoms with Crippen LogP contribution in [0, 0.1) is 0 Å². The third kappa shape index (κ3) is 5.10. The number of rotatable bonds is 8. The van der Waals surface area contributed by atoms with Crippen LogP contribution < -0.4 is 0 Å². The largest absolute Gasteiger partial charge is 0.454 e. The summed E-state index contributed by atoms with van der Waals surface area (Å²) in [6.45, 7) is 1.45. The Labute approximate surface area is 200 Å². The second-order valence-electron chi connectivity index (χ2n) is 8.62. The molecule has 33 heavy (non-hydrogen) atoms. The van der Waals surface area contributed by atoms with Crippen LogP contribution in [0.25, 0.3) is 0 Å². The van der Waals surface area contributed by atoms with E-state index < -0.39 is 40.1 Å². The van der Waals surface area contributed by atoms with Crippen molar-refractivity contribution in [1.82, 2.24) is 9.21 Å². The lowest BCUT2D eigenvalue weighted by Crippen LogP contribution is -2.55. The van der Waals surface area contributed by atoms with Gasteiger partial charge in [0.2, 0.25) is 10.0 Å². The molecule has 2 aliphatic rings. The Balaban J connectivity index is 1.75. The SMILES string of the molecule is CCCS(=O)(=O)N1CCCC1C(=O)OCC(=O)N(C)C1(c2ccccc2Cl)CCCCC1=O. The highest BCUT2D eigenvalue weighted by Crippen LogP contribution is 2.42. The van der Waals surface area contributed by atoms with Gasteiger partial charge < -0.3 is 9.64 Å². The minimum atomic E-state index is -3.56. The number of amides is 1. The maximum atomic E-state index is 13.1. The molecule has 1 amide bonds. The van der Waals surface area contributed by atoms with Crippen molar-refractivity contribution in [3.05, 3.63) is 34.9 Å². The van der Waals surface area contributed by atoms with Crippen LogP contribution in [0.2, 0.25) is 5.02 Å². The predicted octanol–water partition coefficient (Wildman–Crippen LogP) is 2.88. The maximum Gasteiger partial charge on any atom is 0.324 e. The molecule has 1 heterocycles. The molecular formula is C23H31ClN2O6S. The fourth-order valence-electron chi connectivity index (χ4n) is 4.85. The molecule has 2 fully saturated rings. The average molecular weight is 499 g/mol. The second kappa shape index (κ2) is 10.5. The number of esters is 1. The molecule has 2 unspecified atom stereocenters. The van der Waals surface area contributed by atoms with E-state index in [9.17, 15) is 22.8 Å². The van der Waals surface area contributed by atoms with Crippen molar-refractivity contribution in [2.24, 2.45) is 0 Å². The van der Waals surface area contributed by atoms with Crippen molar-refractivity contribution in [1.29, 1.82) is 0 Å². The van der Waals surface area contributed by atoms with Crippen molar-refractivity contribution < 1.29 is 27.5 Å². The number of hydrogen-bond donors (Lipinski definition) is 0. The third-order valence-electron chi connectivity index (χ3n) is 6.55. The second-order valence-corrected chi connectivity index (χ2v) is 11.1. The molecule has 0 bridgehead atoms. The van der Waals surface area contributed by atoms with E-state index in [0.717, 1.165) is 12.8 Å². The van der Waals surface area contributed by atoms with Crippen LogP contribution in [0.1, 0.15) is 57.4 Å². The first-order valence-corrected chi connectivity index (χ1v) is 13.3. The molecule has 2 atom stereocenters. The zero-order valence-electron chi connectivity index (χ0n) is 19.1. The topological polar surface area (TPSA) is 101 Å². The van der Waals surface area contributed by atoms with Gasteiger partial charge in [0.25, 0.3) is 5.91 Å². The average Bonchev–Trinajstić information content (AvgIpc) is 3.29. The highest BCUT2D eigenvalue weighted by molar-refractivity contribution is 7.89. The number of ketones is 1. The van der Waals surface area contributed by atoms with Gasteiger partial charge in [-0.25, -0.2) is 8.42 Å². The highest BCUT2D eigenvalue weighted by Gasteiger charge is 2.48. The van der Waals surface area contributed by atoms with Crippen molar-refractivity contribution in [3.63, 3.8) is 0 Å². The smallest absolute Gasteiger partial charge is 0.324 e. The van der Waals surface area contributed by atoms with Crippen LogP contribution in [-0.2, 0) is 34.7 Å². The molecule has 3 rings (SSSR count). The molecule has 1 aromatic rings. The number of sulfonamides is 1. The lowest BCUT2D eigenvalue weighted by atomic mass is 9.74. The summed E-state index contributed by atoms with van der Waals surface area (Å²) in [6, 6.07) is 6.04. The van der Waals surface area contributed by atoms with E-state index in [0.29, 0.717) is 42.7 Å². The van der Waals surface area contributed by atoms with Crippen LogP contribution in [0.4, 0.5) is 0 Å². The summed E-state index contributed by atoms with van der Waals surface area (Å²) >= 11 is 6.42. The van der Waals surface area contributed by atoms with E-state index in [1.807, 2.05) is 0 Å². The lowest BCUT2D eigenvalue weighted by Gasteiger charge is -2.43. The van der Waals surface area contributed by atoms with Gasteiger partial charge in [-0.05, 0) is 44.6 Å². The Morgan fingerprint density at radius 2 is 1.97 bits per heavy atom. The first kappa shape index (κ1) is 25.6. The standard InChI is InChI=1S/C23H31ClN2O6S/c1-3-15-33(30,31)26-14-8-11-19(26)22(29)32-16-21(28)25(2)23(13-7-6-12-20(23)27)17-9-4-5-10-18(17)24/h4-5,9-10,19H,3,6-8,11-16H2,1-2H3. The first-order chi connectivity index (χ1) is 15.6. The molecule has 0 N–H and O–H groups in total. The molecule has 182 valence electrons. The molecule has 1 saturated heterocycles. The predicted molar refractivity (Wildman–Crippen MR) is 124 cm³/mol. The summed E-state index contributed by atoms with van der Waals surface area (Å²) in [7, 11) is -2.03. The highest BCUT2D eigenvalue weighted by atomic mass is 35.5. The minimum absolute atomic E-state index is 0.0408. The Bertz CT molecular complexity index is 1010. The number of likely N-dealkylation sites (N-methyl/N-ethyl adjacent to an activating group) is 1. The molecule has 0 aromatic heterocycles. The Morgan fingerprint density at radius 3 is 2.64 bits per heavy atom. The van der Waals surface area contributed by atoms with Gasteiger partial charge in [-0.3, -0.25) is 14.4 Å². The van der Waals surface area contributed by atoms with Gasteiger partial charge >= 0.3 is 5.97 Å². The quantitative estimate of drug-likeness (QED) is 0.511. The number of benzene rings is 1. The zero-order valence-corrected chi connectivity index (χ0v) is 20.7. The van der Waals surface area contributed by atoms with Crippen LogP contribution in [0.3, 0.4) is 0 Å². The van der Waals surface area contributed by atoms with Gasteiger partial charge in [-0.15, -0.1) is 0 Å². The number of hydrogen-bond acceptors (Lipinski definition) is 6. The Morgan fingerprint density at radius 1 is 1.24 bits per heavy atom. The van der Waals surface area contributed by atoms with Crippen LogP contribution in [-0.4, -0.2) is 67.3 Å². The number of nitrogens with zero attached hydrogens (tertiary/aromatic N) is 2. The molecule has 1 aliphatic heterocycles. The number of carbonyl (C=O) groups excluding carboxylic acids is 3. The third-order valence-corrected chi connectivity index (χ3v) is 8.96. The van der Waals surface area contributed by atoms with Crippen LogP contribution in [0.5, 0.6) is 0 Å². The van der Waals surface area contributed by atoms with Gasteiger partial charge in [0.05, 0.1) is 5.75 Å². The normalized spacial score (nSPS) is 24.0. The Hall–Kier alpha value is -1.97. The maximum absolute atomic E-state index is 13.1. The summed E-state index contributed by atoms with van der Waals surface area (Å²) in [5.74, 6) is -1.42. The van der Waals surface area contributed by atoms with E-state index in [1.54, 1.807) is 31.2 Å². The number of carbonyl (C=O) groups is 3. The summed E-state index contributed by atoms with van der Waals surface area (Å²) in [5.41, 5.74) is -0.657. The van der Waals surface area contributed by atoms with Crippen LogP contribution in [0.15, 0.2) is 24.3 Å². The van der Waals surface area contributed by atoms with Crippen molar-refractivity contribution in [3.8, 4) is 0 Å². The summed E-state index contributed by atoms with van der Waals surface area (Å²) in [4.78, 5) is 40.3. The zero-order chi connectivity index (χ0) is 24.2. The van der Waals surface area contributed by atoms with Crippen LogP contribution >= 0.6 is 11.6 Å². The first-order valence-electron chi connectivity index (χ1n) is 11.4. The van der Waals surface area contributed by atoms with Crippen molar-refractivity contribution >= 4 is 39.3 Å². The summed E-state index contributed by atoms with van der Waals surface area (Å²) < 4.78 is 31.4. The molecule has 0 spiro atoms. The van der Waals surface area contributed by atoms with Gasteiger partial charge in [0.15, 0.2) is 12.4 Å². The molecule has 10 heteroatoms. The van der Waals surface area contributed by atoms with E-state index in [1.165, 1.54) is 16.3 Å². The summed E-state index contributed by atoms with van der Waals surface area (Å²) in [5, 5.41) is 0.395. The molecule has 1 aliphatic carbocycles. The minimum Gasteiger partial charge on any atom is -0.454 e. The van der Waals surface area contributed by atoms with E-state index >= 15 is 0 Å². The fourth-order valence-corrected chi connectivity index (χ4v) is 6.88. The molecule has 8 nitrogen and oxygen atoms in total. The molecule has 1 saturated carbocycles. The number of ether oxygens (including phenoxy) is 1. The molecule has 1 aromatic carbocycles. The van der Waals surface area contributed by atoms with Crippen molar-refractivity contribution in [2.45, 2.75) is 63.5 Å².